The van der Waals surface area contributed by atoms with E-state index in [2.05, 4.69) is 36.5 Å². The van der Waals surface area contributed by atoms with E-state index in [0.29, 0.717) is 12.1 Å². The van der Waals surface area contributed by atoms with Crippen molar-refractivity contribution in [2.75, 3.05) is 0 Å². The Hall–Kier alpha value is -0.860. The lowest BCUT2D eigenvalue weighted by atomic mass is 9.84. The molecule has 3 unspecified atom stereocenters. The molecule has 0 spiro atoms. The summed E-state index contributed by atoms with van der Waals surface area (Å²) in [7, 11) is 0. The number of hydrogen-bond acceptors (Lipinski definition) is 2. The Kier molecular flexibility index (Phi) is 3.90. The summed E-state index contributed by atoms with van der Waals surface area (Å²) in [6.07, 6.45) is 8.11. The van der Waals surface area contributed by atoms with Gasteiger partial charge in [0.05, 0.1) is 0 Å². The first-order valence-electron chi connectivity index (χ1n) is 7.86. The third kappa shape index (κ3) is 2.70. The minimum Gasteiger partial charge on any atom is -0.324 e. The Morgan fingerprint density at radius 3 is 2.53 bits per heavy atom. The van der Waals surface area contributed by atoms with E-state index in [1.165, 1.54) is 43.2 Å². The fourth-order valence-corrected chi connectivity index (χ4v) is 3.92. The molecule has 2 aliphatic carbocycles. The van der Waals surface area contributed by atoms with Gasteiger partial charge in [-0.2, -0.15) is 0 Å². The van der Waals surface area contributed by atoms with Crippen LogP contribution in [-0.2, 0) is 0 Å². The molecule has 2 nitrogen and oxygen atoms in total. The van der Waals surface area contributed by atoms with Gasteiger partial charge < -0.3 is 11.1 Å². The Labute approximate surface area is 116 Å². The van der Waals surface area contributed by atoms with Crippen molar-refractivity contribution < 1.29 is 0 Å². The maximum Gasteiger partial charge on any atom is 0.0344 e. The van der Waals surface area contributed by atoms with Gasteiger partial charge in [-0.1, -0.05) is 43.5 Å². The zero-order valence-corrected chi connectivity index (χ0v) is 11.9. The summed E-state index contributed by atoms with van der Waals surface area (Å²) in [6.45, 7) is 2.36. The molecule has 0 heterocycles. The second-order valence-corrected chi connectivity index (χ2v) is 6.38. The summed E-state index contributed by atoms with van der Waals surface area (Å²) in [5, 5.41) is 3.86. The van der Waals surface area contributed by atoms with Crippen LogP contribution in [0.1, 0.15) is 68.7 Å². The molecule has 1 aromatic carbocycles. The van der Waals surface area contributed by atoms with Crippen molar-refractivity contribution in [3.8, 4) is 0 Å². The van der Waals surface area contributed by atoms with Gasteiger partial charge in [-0.15, -0.1) is 0 Å². The first-order valence-corrected chi connectivity index (χ1v) is 7.86. The number of benzene rings is 1. The van der Waals surface area contributed by atoms with Gasteiger partial charge in [-0.05, 0) is 43.2 Å². The lowest BCUT2D eigenvalue weighted by molar-refractivity contribution is 0.262. The summed E-state index contributed by atoms with van der Waals surface area (Å²) in [6, 6.07) is 9.96. The van der Waals surface area contributed by atoms with Crippen LogP contribution in [0.2, 0.25) is 0 Å². The summed E-state index contributed by atoms with van der Waals surface area (Å²) >= 11 is 0. The first-order chi connectivity index (χ1) is 9.25. The highest BCUT2D eigenvalue weighted by atomic mass is 15.0. The highest BCUT2D eigenvalue weighted by Crippen LogP contribution is 2.38. The zero-order chi connectivity index (χ0) is 13.2. The molecule has 19 heavy (non-hydrogen) atoms. The van der Waals surface area contributed by atoms with E-state index in [-0.39, 0.29) is 6.04 Å². The van der Waals surface area contributed by atoms with Gasteiger partial charge in [0, 0.05) is 18.1 Å². The SMILES string of the molecule is CC(NC1CC(N)c2ccccc21)C1CCCCC1. The van der Waals surface area contributed by atoms with Crippen LogP contribution in [0.4, 0.5) is 0 Å². The fraction of sp³-hybridized carbons (Fsp3) is 0.647. The minimum atomic E-state index is 0.215. The summed E-state index contributed by atoms with van der Waals surface area (Å²) in [5.41, 5.74) is 9.02. The molecule has 104 valence electrons. The van der Waals surface area contributed by atoms with E-state index in [1.807, 2.05) is 0 Å². The van der Waals surface area contributed by atoms with Crippen molar-refractivity contribution in [3.05, 3.63) is 35.4 Å². The molecular weight excluding hydrogens is 232 g/mol. The second-order valence-electron chi connectivity index (χ2n) is 6.38. The van der Waals surface area contributed by atoms with Crippen molar-refractivity contribution in [2.24, 2.45) is 11.7 Å². The van der Waals surface area contributed by atoms with Crippen molar-refractivity contribution in [2.45, 2.75) is 63.6 Å². The molecule has 1 saturated carbocycles. The first kappa shape index (κ1) is 13.1. The third-order valence-corrected chi connectivity index (χ3v) is 5.08. The average molecular weight is 258 g/mol. The molecule has 1 fully saturated rings. The molecule has 3 N–H and O–H groups in total. The van der Waals surface area contributed by atoms with Crippen LogP contribution in [0.5, 0.6) is 0 Å². The molecule has 1 aromatic rings. The van der Waals surface area contributed by atoms with Gasteiger partial charge in [0.1, 0.15) is 0 Å². The second kappa shape index (κ2) is 5.64. The smallest absolute Gasteiger partial charge is 0.0344 e. The van der Waals surface area contributed by atoms with Crippen molar-refractivity contribution >= 4 is 0 Å². The summed E-state index contributed by atoms with van der Waals surface area (Å²) in [4.78, 5) is 0. The van der Waals surface area contributed by atoms with Crippen LogP contribution in [-0.4, -0.2) is 6.04 Å². The predicted molar refractivity (Wildman–Crippen MR) is 79.9 cm³/mol. The maximum absolute atomic E-state index is 6.25. The lowest BCUT2D eigenvalue weighted by Gasteiger charge is -2.31. The highest BCUT2D eigenvalue weighted by molar-refractivity contribution is 5.37. The number of fused-ring (bicyclic) bond motifs is 1. The van der Waals surface area contributed by atoms with E-state index in [0.717, 1.165) is 12.3 Å². The van der Waals surface area contributed by atoms with E-state index < -0.39 is 0 Å². The standard InChI is InChI=1S/C17H26N2/c1-12(13-7-3-2-4-8-13)19-17-11-16(18)14-9-5-6-10-15(14)17/h5-6,9-10,12-13,16-17,19H,2-4,7-8,11,18H2,1H3. The zero-order valence-electron chi connectivity index (χ0n) is 11.9. The average Bonchev–Trinajstić information content (AvgIpc) is 2.77. The minimum absolute atomic E-state index is 0.215. The number of nitrogens with one attached hydrogen (secondary N) is 1. The van der Waals surface area contributed by atoms with Crippen LogP contribution in [0.15, 0.2) is 24.3 Å². The quantitative estimate of drug-likeness (QED) is 0.867. The van der Waals surface area contributed by atoms with Gasteiger partial charge in [0.2, 0.25) is 0 Å². The van der Waals surface area contributed by atoms with Crippen molar-refractivity contribution in [1.82, 2.24) is 5.32 Å². The number of rotatable bonds is 3. The molecule has 0 bridgehead atoms. The maximum atomic E-state index is 6.25. The molecule has 3 rings (SSSR count). The van der Waals surface area contributed by atoms with Crippen LogP contribution in [0.25, 0.3) is 0 Å². The molecule has 2 heteroatoms. The lowest BCUT2D eigenvalue weighted by Crippen LogP contribution is -2.36. The largest absolute Gasteiger partial charge is 0.324 e. The Morgan fingerprint density at radius 1 is 1.11 bits per heavy atom. The topological polar surface area (TPSA) is 38.0 Å². The van der Waals surface area contributed by atoms with Gasteiger partial charge in [-0.25, -0.2) is 0 Å². The van der Waals surface area contributed by atoms with Gasteiger partial charge >= 0.3 is 0 Å². The predicted octanol–water partition coefficient (Wildman–Crippen LogP) is 3.69. The van der Waals surface area contributed by atoms with Crippen LogP contribution in [0, 0.1) is 5.92 Å². The Bertz CT molecular complexity index is 423. The molecule has 0 aromatic heterocycles. The Morgan fingerprint density at radius 2 is 1.79 bits per heavy atom. The molecule has 3 atom stereocenters. The van der Waals surface area contributed by atoms with Crippen LogP contribution in [0.3, 0.4) is 0 Å². The number of nitrogens with two attached hydrogens (primary N) is 1. The van der Waals surface area contributed by atoms with E-state index >= 15 is 0 Å². The molecule has 0 radical (unpaired) electrons. The number of hydrogen-bond donors (Lipinski definition) is 2. The fourth-order valence-electron chi connectivity index (χ4n) is 3.92. The highest BCUT2D eigenvalue weighted by Gasteiger charge is 2.30. The molecule has 2 aliphatic rings. The Balaban J connectivity index is 1.67. The van der Waals surface area contributed by atoms with Gasteiger partial charge in [-0.3, -0.25) is 0 Å². The third-order valence-electron chi connectivity index (χ3n) is 5.08. The summed E-state index contributed by atoms with van der Waals surface area (Å²) < 4.78 is 0. The summed E-state index contributed by atoms with van der Waals surface area (Å²) in [5.74, 6) is 0.859. The monoisotopic (exact) mass is 258 g/mol. The van der Waals surface area contributed by atoms with Crippen LogP contribution < -0.4 is 11.1 Å². The van der Waals surface area contributed by atoms with Gasteiger partial charge in [0.25, 0.3) is 0 Å². The normalized spacial score (nSPS) is 29.2. The molecular formula is C17H26N2. The molecule has 0 amide bonds. The van der Waals surface area contributed by atoms with Crippen LogP contribution >= 0.6 is 0 Å². The van der Waals surface area contributed by atoms with Gasteiger partial charge in [0.15, 0.2) is 0 Å². The molecule has 0 aliphatic heterocycles. The van der Waals surface area contributed by atoms with E-state index in [1.54, 1.807) is 0 Å². The van der Waals surface area contributed by atoms with Crippen molar-refractivity contribution in [1.29, 1.82) is 0 Å². The molecule has 0 saturated heterocycles. The van der Waals surface area contributed by atoms with E-state index in [9.17, 15) is 0 Å². The van der Waals surface area contributed by atoms with E-state index in [4.69, 9.17) is 5.73 Å². The van der Waals surface area contributed by atoms with Crippen molar-refractivity contribution in [3.63, 3.8) is 0 Å².